The summed E-state index contributed by atoms with van der Waals surface area (Å²) in [6.07, 6.45) is 4.01. The molecule has 0 N–H and O–H groups in total. The van der Waals surface area contributed by atoms with E-state index in [1.165, 1.54) is 11.1 Å². The summed E-state index contributed by atoms with van der Waals surface area (Å²) in [4.78, 5) is 11.6. The highest BCUT2D eigenvalue weighted by Crippen LogP contribution is 2.31. The first-order chi connectivity index (χ1) is 11.0. The van der Waals surface area contributed by atoms with Gasteiger partial charge in [-0.15, -0.1) is 0 Å². The minimum Gasteiger partial charge on any atom is -0.314 e. The van der Waals surface area contributed by atoms with Crippen molar-refractivity contribution in [3.05, 3.63) is 65.5 Å². The van der Waals surface area contributed by atoms with E-state index < -0.39 is 0 Å². The van der Waals surface area contributed by atoms with Crippen LogP contribution in [0, 0.1) is 6.92 Å². The highest BCUT2D eigenvalue weighted by atomic mass is 16.1. The average Bonchev–Trinajstić information content (AvgIpc) is 2.92. The maximum Gasteiger partial charge on any atom is 0.167 e. The Kier molecular flexibility index (Phi) is 3.85. The number of carbonyl (C=O) groups excluding carboxylic acids is 1. The van der Waals surface area contributed by atoms with E-state index in [2.05, 4.69) is 64.1 Å². The van der Waals surface area contributed by atoms with Gasteiger partial charge in [-0.2, -0.15) is 0 Å². The van der Waals surface area contributed by atoms with Gasteiger partial charge in [-0.25, -0.2) is 0 Å². The lowest BCUT2D eigenvalue weighted by Crippen LogP contribution is -2.14. The number of rotatable bonds is 4. The molecule has 3 rings (SSSR count). The number of benzene rings is 1. The number of nitrogens with zero attached hydrogens (tertiary/aromatic N) is 1. The molecule has 0 aliphatic heterocycles. The van der Waals surface area contributed by atoms with E-state index >= 15 is 0 Å². The van der Waals surface area contributed by atoms with Gasteiger partial charge in [-0.05, 0) is 53.6 Å². The smallest absolute Gasteiger partial charge is 0.167 e. The van der Waals surface area contributed by atoms with Crippen molar-refractivity contribution in [2.24, 2.45) is 0 Å². The van der Waals surface area contributed by atoms with Gasteiger partial charge in [-0.1, -0.05) is 45.0 Å². The molecule has 1 aromatic carbocycles. The Morgan fingerprint density at radius 1 is 1.09 bits per heavy atom. The van der Waals surface area contributed by atoms with Crippen LogP contribution < -0.4 is 0 Å². The Balaban J connectivity index is 2.11. The Labute approximate surface area is 137 Å². The molecule has 2 heterocycles. The molecule has 0 unspecified atom stereocenters. The molecule has 0 radical (unpaired) electrons. The van der Waals surface area contributed by atoms with Gasteiger partial charge < -0.3 is 4.40 Å². The van der Waals surface area contributed by atoms with Gasteiger partial charge in [0.05, 0.1) is 5.69 Å². The number of hydrogen-bond donors (Lipinski definition) is 0. The predicted molar refractivity (Wildman–Crippen MR) is 96.3 cm³/mol. The molecule has 118 valence electrons. The van der Waals surface area contributed by atoms with Crippen molar-refractivity contribution in [2.45, 2.75) is 39.5 Å². The normalized spacial score (nSPS) is 11.8. The van der Waals surface area contributed by atoms with E-state index in [1.807, 2.05) is 16.7 Å². The van der Waals surface area contributed by atoms with Crippen molar-refractivity contribution in [2.75, 3.05) is 0 Å². The summed E-state index contributed by atoms with van der Waals surface area (Å²) in [5.74, 6) is 0. The van der Waals surface area contributed by atoms with E-state index in [-0.39, 0.29) is 5.41 Å². The number of aryl methyl sites for hydroxylation is 1. The second kappa shape index (κ2) is 5.69. The van der Waals surface area contributed by atoms with Crippen LogP contribution in [-0.2, 0) is 5.41 Å². The van der Waals surface area contributed by atoms with Crippen LogP contribution in [0.3, 0.4) is 0 Å². The van der Waals surface area contributed by atoms with Crippen LogP contribution in [0.25, 0.3) is 16.6 Å². The van der Waals surface area contributed by atoms with Crippen LogP contribution in [0.2, 0.25) is 0 Å². The third-order valence-electron chi connectivity index (χ3n) is 4.94. The molecule has 0 bridgehead atoms. The summed E-state index contributed by atoms with van der Waals surface area (Å²) in [5.41, 5.74) is 6.54. The van der Waals surface area contributed by atoms with E-state index in [1.54, 1.807) is 0 Å². The minimum absolute atomic E-state index is 0.175. The number of hydrogen-bond acceptors (Lipinski definition) is 1. The summed E-state index contributed by atoms with van der Waals surface area (Å²) in [7, 11) is 0. The molecule has 0 fully saturated rings. The molecular formula is C21H23NO. The van der Waals surface area contributed by atoms with Gasteiger partial charge in [0.25, 0.3) is 0 Å². The summed E-state index contributed by atoms with van der Waals surface area (Å²) in [6.45, 7) is 8.79. The van der Waals surface area contributed by atoms with Gasteiger partial charge in [0.2, 0.25) is 0 Å². The summed E-state index contributed by atoms with van der Waals surface area (Å²) >= 11 is 0. The van der Waals surface area contributed by atoms with Gasteiger partial charge in [0.1, 0.15) is 0 Å². The molecule has 0 atom stereocenters. The molecule has 0 saturated heterocycles. The van der Waals surface area contributed by atoms with Crippen molar-refractivity contribution in [3.63, 3.8) is 0 Å². The van der Waals surface area contributed by atoms with Gasteiger partial charge in [0, 0.05) is 17.3 Å². The molecular weight excluding hydrogens is 282 g/mol. The number of aromatic nitrogens is 1. The maximum absolute atomic E-state index is 11.6. The van der Waals surface area contributed by atoms with Crippen LogP contribution in [0.1, 0.15) is 48.8 Å². The highest BCUT2D eigenvalue weighted by molar-refractivity contribution is 5.90. The summed E-state index contributed by atoms with van der Waals surface area (Å²) in [5, 5.41) is 0. The lowest BCUT2D eigenvalue weighted by atomic mass is 9.82. The third kappa shape index (κ3) is 2.70. The number of pyridine rings is 1. The predicted octanol–water partition coefficient (Wildman–Crippen LogP) is 5.41. The molecule has 23 heavy (non-hydrogen) atoms. The molecule has 0 saturated carbocycles. The Morgan fingerprint density at radius 2 is 1.78 bits per heavy atom. The minimum atomic E-state index is 0.175. The van der Waals surface area contributed by atoms with E-state index in [4.69, 9.17) is 0 Å². The second-order valence-corrected chi connectivity index (χ2v) is 6.87. The molecule has 0 spiro atoms. The first-order valence-electron chi connectivity index (χ1n) is 8.14. The van der Waals surface area contributed by atoms with Crippen LogP contribution >= 0.6 is 0 Å². The highest BCUT2D eigenvalue weighted by Gasteiger charge is 2.18. The molecule has 0 aliphatic carbocycles. The standard InChI is InChI=1S/C21H23NO/c1-5-21(3,4)17-8-6-16(7-9-17)19-13-18-12-15(2)10-11-22(18)20(19)14-23/h6-14H,5H2,1-4H3. The van der Waals surface area contributed by atoms with Crippen LogP contribution in [0.5, 0.6) is 0 Å². The van der Waals surface area contributed by atoms with Crippen LogP contribution in [-0.4, -0.2) is 10.7 Å². The third-order valence-corrected chi connectivity index (χ3v) is 4.94. The number of aldehydes is 1. The first-order valence-corrected chi connectivity index (χ1v) is 8.14. The quantitative estimate of drug-likeness (QED) is 0.590. The molecule has 3 aromatic rings. The number of carbonyl (C=O) groups is 1. The fourth-order valence-electron chi connectivity index (χ4n) is 2.97. The maximum atomic E-state index is 11.6. The molecule has 2 aromatic heterocycles. The fraction of sp³-hybridized carbons (Fsp3) is 0.286. The van der Waals surface area contributed by atoms with Crippen LogP contribution in [0.15, 0.2) is 48.7 Å². The van der Waals surface area contributed by atoms with Gasteiger partial charge >= 0.3 is 0 Å². The Morgan fingerprint density at radius 3 is 2.39 bits per heavy atom. The zero-order chi connectivity index (χ0) is 16.6. The lowest BCUT2D eigenvalue weighted by Gasteiger charge is -2.23. The van der Waals surface area contributed by atoms with Crippen molar-refractivity contribution < 1.29 is 4.79 Å². The van der Waals surface area contributed by atoms with E-state index in [9.17, 15) is 4.79 Å². The lowest BCUT2D eigenvalue weighted by molar-refractivity contribution is 0.111. The zero-order valence-corrected chi connectivity index (χ0v) is 14.3. The summed E-state index contributed by atoms with van der Waals surface area (Å²) in [6, 6.07) is 14.8. The monoisotopic (exact) mass is 305 g/mol. The van der Waals surface area contributed by atoms with Crippen molar-refractivity contribution in [1.29, 1.82) is 0 Å². The SMILES string of the molecule is CCC(C)(C)c1ccc(-c2cc3cc(C)ccn3c2C=O)cc1. The van der Waals surface area contributed by atoms with E-state index in [0.717, 1.165) is 29.4 Å². The molecule has 2 heteroatoms. The van der Waals surface area contributed by atoms with Gasteiger partial charge in [-0.3, -0.25) is 4.79 Å². The Bertz CT molecular complexity index is 853. The summed E-state index contributed by atoms with van der Waals surface area (Å²) < 4.78 is 1.96. The van der Waals surface area contributed by atoms with Crippen molar-refractivity contribution in [3.8, 4) is 11.1 Å². The largest absolute Gasteiger partial charge is 0.314 e. The molecule has 0 amide bonds. The topological polar surface area (TPSA) is 21.5 Å². The molecule has 2 nitrogen and oxygen atoms in total. The Hall–Kier alpha value is -2.35. The first kappa shape index (κ1) is 15.5. The second-order valence-electron chi connectivity index (χ2n) is 6.87. The fourth-order valence-corrected chi connectivity index (χ4v) is 2.97. The number of fused-ring (bicyclic) bond motifs is 1. The zero-order valence-electron chi connectivity index (χ0n) is 14.3. The average molecular weight is 305 g/mol. The van der Waals surface area contributed by atoms with Crippen molar-refractivity contribution >= 4 is 11.8 Å². The van der Waals surface area contributed by atoms with Crippen molar-refractivity contribution in [1.82, 2.24) is 4.40 Å². The van der Waals surface area contributed by atoms with Crippen LogP contribution in [0.4, 0.5) is 0 Å². The molecule has 0 aliphatic rings. The van der Waals surface area contributed by atoms with Gasteiger partial charge in [0.15, 0.2) is 6.29 Å². The van der Waals surface area contributed by atoms with E-state index in [0.29, 0.717) is 5.69 Å².